The Hall–Kier alpha value is -1.47. The molecule has 0 saturated carbocycles. The molecule has 2 heterocycles. The van der Waals surface area contributed by atoms with Crippen LogP contribution >= 0.6 is 11.8 Å². The molecule has 0 amide bonds. The van der Waals surface area contributed by atoms with Crippen molar-refractivity contribution in [1.29, 1.82) is 0 Å². The number of ether oxygens (including phenoxy) is 2. The molecule has 0 bridgehead atoms. The summed E-state index contributed by atoms with van der Waals surface area (Å²) in [5.74, 6) is 2.09. The zero-order valence-electron chi connectivity index (χ0n) is 10.7. The van der Waals surface area contributed by atoms with Crippen molar-refractivity contribution in [2.24, 2.45) is 0 Å². The summed E-state index contributed by atoms with van der Waals surface area (Å²) in [7, 11) is 1.41. The van der Waals surface area contributed by atoms with Crippen LogP contribution in [0, 0.1) is 0 Å². The number of hydrogen-bond acceptors (Lipinski definition) is 5. The predicted octanol–water partition coefficient (Wildman–Crippen LogP) is 2.66. The molecule has 4 nitrogen and oxygen atoms in total. The van der Waals surface area contributed by atoms with E-state index in [9.17, 15) is 8.78 Å². The van der Waals surface area contributed by atoms with E-state index in [4.69, 9.17) is 9.57 Å². The Morgan fingerprint density at radius 2 is 2.15 bits per heavy atom. The molecule has 2 aliphatic heterocycles. The van der Waals surface area contributed by atoms with Gasteiger partial charge in [0.25, 0.3) is 0 Å². The van der Waals surface area contributed by atoms with E-state index in [1.807, 2.05) is 17.8 Å². The van der Waals surface area contributed by atoms with Crippen LogP contribution in [0.25, 0.3) is 5.70 Å². The van der Waals surface area contributed by atoms with E-state index in [1.54, 1.807) is 12.1 Å². The van der Waals surface area contributed by atoms with Gasteiger partial charge in [0.15, 0.2) is 11.5 Å². The van der Waals surface area contributed by atoms with Gasteiger partial charge in [-0.05, 0) is 24.3 Å². The van der Waals surface area contributed by atoms with Crippen molar-refractivity contribution < 1.29 is 23.1 Å². The minimum Gasteiger partial charge on any atom is -0.493 e. The number of hydrogen-bond donors (Lipinski definition) is 1. The van der Waals surface area contributed by atoms with Crippen molar-refractivity contribution in [3.63, 3.8) is 0 Å². The molecule has 2 aliphatic rings. The van der Waals surface area contributed by atoms with Gasteiger partial charge < -0.3 is 9.47 Å². The lowest BCUT2D eigenvalue weighted by Crippen LogP contribution is -2.43. The molecule has 1 saturated heterocycles. The van der Waals surface area contributed by atoms with Crippen LogP contribution in [0.3, 0.4) is 0 Å². The molecule has 0 atom stereocenters. The van der Waals surface area contributed by atoms with Gasteiger partial charge in [-0.15, -0.1) is 0 Å². The number of nitrogens with one attached hydrogen (secondary N) is 1. The molecule has 108 valence electrons. The van der Waals surface area contributed by atoms with Crippen LogP contribution < -0.4 is 15.0 Å². The first kappa shape index (κ1) is 13.5. The normalized spacial score (nSPS) is 19.5. The first-order valence-electron chi connectivity index (χ1n) is 6.00. The van der Waals surface area contributed by atoms with Crippen LogP contribution in [0.1, 0.15) is 5.56 Å². The fourth-order valence-electron chi connectivity index (χ4n) is 2.09. The van der Waals surface area contributed by atoms with Crippen molar-refractivity contribution >= 4 is 17.5 Å². The van der Waals surface area contributed by atoms with Crippen molar-refractivity contribution in [3.05, 3.63) is 29.8 Å². The van der Waals surface area contributed by atoms with Gasteiger partial charge in [0.2, 0.25) is 0 Å². The molecule has 1 aromatic rings. The van der Waals surface area contributed by atoms with Gasteiger partial charge in [-0.3, -0.25) is 10.3 Å². The molecule has 1 fully saturated rings. The first-order chi connectivity index (χ1) is 9.62. The molecule has 1 N–H and O–H groups in total. The highest BCUT2D eigenvalue weighted by Crippen LogP contribution is 2.40. The highest BCUT2D eigenvalue weighted by molar-refractivity contribution is 8.00. The third-order valence-corrected chi connectivity index (χ3v) is 4.54. The third kappa shape index (κ3) is 2.43. The lowest BCUT2D eigenvalue weighted by molar-refractivity contribution is -0.0512. The summed E-state index contributed by atoms with van der Waals surface area (Å²) in [6, 6.07) is 4.79. The Labute approximate surface area is 119 Å². The summed E-state index contributed by atoms with van der Waals surface area (Å²) >= 11 is 1.81. The zero-order chi connectivity index (χ0) is 14.2. The molecule has 0 aliphatic carbocycles. The molecule has 20 heavy (non-hydrogen) atoms. The molecular weight excluding hydrogens is 288 g/mol. The van der Waals surface area contributed by atoms with Gasteiger partial charge in [0, 0.05) is 17.1 Å². The minimum absolute atomic E-state index is 0.0136. The number of thioether (sulfide) groups is 1. The number of methoxy groups -OCH3 is 1. The second kappa shape index (κ2) is 5.14. The van der Waals surface area contributed by atoms with Crippen molar-refractivity contribution in [1.82, 2.24) is 5.48 Å². The summed E-state index contributed by atoms with van der Waals surface area (Å²) < 4.78 is 34.0. The lowest BCUT2D eigenvalue weighted by Gasteiger charge is -2.33. The van der Waals surface area contributed by atoms with Crippen LogP contribution in [0.2, 0.25) is 0 Å². The van der Waals surface area contributed by atoms with Gasteiger partial charge in [0.05, 0.1) is 12.8 Å². The van der Waals surface area contributed by atoms with E-state index < -0.39 is 6.61 Å². The predicted molar refractivity (Wildman–Crippen MR) is 71.9 cm³/mol. The minimum atomic E-state index is -2.88. The van der Waals surface area contributed by atoms with Gasteiger partial charge in [-0.25, -0.2) is 0 Å². The summed E-state index contributed by atoms with van der Waals surface area (Å²) in [6.45, 7) is -2.88. The second-order valence-electron chi connectivity index (χ2n) is 4.56. The fourth-order valence-corrected chi connectivity index (χ4v) is 2.99. The van der Waals surface area contributed by atoms with E-state index in [1.165, 1.54) is 13.2 Å². The quantitative estimate of drug-likeness (QED) is 0.926. The average Bonchev–Trinajstić information content (AvgIpc) is 2.84. The maximum atomic E-state index is 12.3. The highest BCUT2D eigenvalue weighted by atomic mass is 32.2. The summed E-state index contributed by atoms with van der Waals surface area (Å²) in [5, 5.41) is 0. The molecule has 7 heteroatoms. The molecule has 0 aromatic heterocycles. The highest BCUT2D eigenvalue weighted by Gasteiger charge is 2.42. The number of rotatable bonds is 4. The van der Waals surface area contributed by atoms with Crippen molar-refractivity contribution in [2.75, 3.05) is 18.6 Å². The monoisotopic (exact) mass is 301 g/mol. The van der Waals surface area contributed by atoms with Crippen molar-refractivity contribution in [3.8, 4) is 11.5 Å². The van der Waals surface area contributed by atoms with Gasteiger partial charge in [-0.1, -0.05) is 0 Å². The summed E-state index contributed by atoms with van der Waals surface area (Å²) in [6.07, 6.45) is 2.02. The summed E-state index contributed by atoms with van der Waals surface area (Å²) in [5.41, 5.74) is 4.26. The Kier molecular flexibility index (Phi) is 3.47. The van der Waals surface area contributed by atoms with E-state index in [2.05, 4.69) is 10.2 Å². The van der Waals surface area contributed by atoms with E-state index in [-0.39, 0.29) is 17.1 Å². The Balaban J connectivity index is 1.86. The fraction of sp³-hybridized carbons (Fsp3) is 0.385. The number of halogens is 2. The Bertz CT molecular complexity index is 546. The Morgan fingerprint density at radius 1 is 1.35 bits per heavy atom. The number of hydroxylamine groups is 1. The molecule has 3 rings (SSSR count). The van der Waals surface area contributed by atoms with Gasteiger partial charge in [-0.2, -0.15) is 20.5 Å². The van der Waals surface area contributed by atoms with Crippen molar-refractivity contribution in [2.45, 2.75) is 12.2 Å². The van der Waals surface area contributed by atoms with Gasteiger partial charge >= 0.3 is 6.61 Å². The largest absolute Gasteiger partial charge is 0.493 e. The van der Waals surface area contributed by atoms with Crippen LogP contribution in [0.5, 0.6) is 11.5 Å². The SMILES string of the molecule is COc1cc(C2=CC3(CSC3)ON2)ccc1OC(F)F. The average molecular weight is 301 g/mol. The molecule has 0 radical (unpaired) electrons. The maximum absolute atomic E-state index is 12.3. The summed E-state index contributed by atoms with van der Waals surface area (Å²) in [4.78, 5) is 5.56. The zero-order valence-corrected chi connectivity index (χ0v) is 11.5. The van der Waals surface area contributed by atoms with Crippen LogP contribution in [-0.4, -0.2) is 30.8 Å². The smallest absolute Gasteiger partial charge is 0.387 e. The van der Waals surface area contributed by atoms with E-state index in [0.717, 1.165) is 22.8 Å². The lowest BCUT2D eigenvalue weighted by atomic mass is 10.0. The maximum Gasteiger partial charge on any atom is 0.387 e. The number of alkyl halides is 2. The topological polar surface area (TPSA) is 39.7 Å². The molecule has 1 spiro atoms. The van der Waals surface area contributed by atoms with Crippen LogP contribution in [-0.2, 0) is 4.84 Å². The first-order valence-corrected chi connectivity index (χ1v) is 7.15. The van der Waals surface area contributed by atoms with E-state index >= 15 is 0 Å². The van der Waals surface area contributed by atoms with Crippen LogP contribution in [0.15, 0.2) is 24.3 Å². The molecule has 1 aromatic carbocycles. The standard InChI is InChI=1S/C13H13F2NO3S/c1-17-11-4-8(2-3-10(11)18-12(14)15)9-5-13(19-16-9)6-20-7-13/h2-5,12,16H,6-7H2,1H3. The Morgan fingerprint density at radius 3 is 2.70 bits per heavy atom. The number of benzene rings is 1. The molecular formula is C13H13F2NO3S. The van der Waals surface area contributed by atoms with E-state index in [0.29, 0.717) is 0 Å². The van der Waals surface area contributed by atoms with Crippen LogP contribution in [0.4, 0.5) is 8.78 Å². The third-order valence-electron chi connectivity index (χ3n) is 3.16. The van der Waals surface area contributed by atoms with Gasteiger partial charge in [0.1, 0.15) is 5.60 Å². The second-order valence-corrected chi connectivity index (χ2v) is 5.55. The molecule has 0 unspecified atom stereocenters.